The van der Waals surface area contributed by atoms with Crippen molar-refractivity contribution in [2.75, 3.05) is 19.6 Å². The van der Waals surface area contributed by atoms with E-state index in [2.05, 4.69) is 5.32 Å². The lowest BCUT2D eigenvalue weighted by Gasteiger charge is -1.94. The number of carboxylic acids is 1. The first-order chi connectivity index (χ1) is 5.65. The third kappa shape index (κ3) is 36.6. The summed E-state index contributed by atoms with van der Waals surface area (Å²) in [5.41, 5.74) is 5.17. The molecule has 0 aliphatic heterocycles. The van der Waals surface area contributed by atoms with E-state index >= 15 is 0 Å². The van der Waals surface area contributed by atoms with Crippen LogP contribution in [0.4, 0.5) is 0 Å². The zero-order chi connectivity index (χ0) is 9.82. The van der Waals surface area contributed by atoms with Crippen molar-refractivity contribution >= 4 is 5.97 Å². The summed E-state index contributed by atoms with van der Waals surface area (Å²) < 4.78 is 0. The Hall–Kier alpha value is -1.12. The summed E-state index contributed by atoms with van der Waals surface area (Å²) >= 11 is 0. The molecular formula is C7H15N3O2. The van der Waals surface area contributed by atoms with Crippen LogP contribution in [-0.2, 0) is 4.79 Å². The Morgan fingerprint density at radius 2 is 2.17 bits per heavy atom. The van der Waals surface area contributed by atoms with Crippen LogP contribution in [-0.4, -0.2) is 30.7 Å². The van der Waals surface area contributed by atoms with Crippen LogP contribution in [0.15, 0.2) is 0 Å². The van der Waals surface area contributed by atoms with Gasteiger partial charge in [0, 0.05) is 33.0 Å². The van der Waals surface area contributed by atoms with Crippen molar-refractivity contribution in [3.8, 4) is 6.07 Å². The minimum Gasteiger partial charge on any atom is -0.481 e. The van der Waals surface area contributed by atoms with E-state index in [1.807, 2.05) is 6.07 Å². The lowest BCUT2D eigenvalue weighted by atomic mass is 10.4. The highest BCUT2D eigenvalue weighted by Crippen LogP contribution is 1.66. The quantitative estimate of drug-likeness (QED) is 0.499. The van der Waals surface area contributed by atoms with Gasteiger partial charge in [-0.05, 0) is 0 Å². The van der Waals surface area contributed by atoms with Gasteiger partial charge in [-0.15, -0.1) is 0 Å². The largest absolute Gasteiger partial charge is 0.481 e. The molecule has 0 amide bonds. The summed E-state index contributed by atoms with van der Waals surface area (Å²) in [5, 5.41) is 18.4. The van der Waals surface area contributed by atoms with Crippen molar-refractivity contribution in [1.82, 2.24) is 5.32 Å². The summed E-state index contributed by atoms with van der Waals surface area (Å²) in [4.78, 5) is 9.00. The predicted octanol–water partition coefficient (Wildman–Crippen LogP) is -0.461. The van der Waals surface area contributed by atoms with Gasteiger partial charge in [0.2, 0.25) is 0 Å². The molecule has 5 heteroatoms. The maximum Gasteiger partial charge on any atom is 0.300 e. The zero-order valence-corrected chi connectivity index (χ0v) is 7.21. The van der Waals surface area contributed by atoms with Gasteiger partial charge in [0.1, 0.15) is 0 Å². The van der Waals surface area contributed by atoms with Crippen LogP contribution >= 0.6 is 0 Å². The van der Waals surface area contributed by atoms with E-state index in [9.17, 15) is 0 Å². The summed E-state index contributed by atoms with van der Waals surface area (Å²) in [6.07, 6.45) is 0.569. The van der Waals surface area contributed by atoms with Gasteiger partial charge in [0.05, 0.1) is 6.07 Å². The number of hydrogen-bond donors (Lipinski definition) is 3. The predicted molar refractivity (Wildman–Crippen MR) is 45.5 cm³/mol. The Morgan fingerprint density at radius 1 is 1.67 bits per heavy atom. The lowest BCUT2D eigenvalue weighted by molar-refractivity contribution is -0.134. The van der Waals surface area contributed by atoms with E-state index in [0.717, 1.165) is 20.0 Å². The number of nitrogens with one attached hydrogen (secondary N) is 1. The minimum atomic E-state index is -0.833. The van der Waals surface area contributed by atoms with Crippen LogP contribution in [0.1, 0.15) is 13.3 Å². The second-order valence-electron chi connectivity index (χ2n) is 1.97. The van der Waals surface area contributed by atoms with Gasteiger partial charge in [-0.1, -0.05) is 0 Å². The maximum absolute atomic E-state index is 9.00. The average Bonchev–Trinajstić information content (AvgIpc) is 1.97. The number of aliphatic carboxylic acids is 1. The molecule has 0 rings (SSSR count). The molecule has 0 spiro atoms. The van der Waals surface area contributed by atoms with Crippen molar-refractivity contribution in [3.63, 3.8) is 0 Å². The molecule has 0 saturated heterocycles. The molecular weight excluding hydrogens is 158 g/mol. The normalized spacial score (nSPS) is 7.75. The number of nitriles is 1. The van der Waals surface area contributed by atoms with E-state index in [1.54, 1.807) is 0 Å². The molecule has 0 aromatic heterocycles. The fraction of sp³-hybridized carbons (Fsp3) is 0.714. The fourth-order valence-electron chi connectivity index (χ4n) is 0.371. The number of carboxylic acid groups (broad SMARTS) is 1. The first-order valence-electron chi connectivity index (χ1n) is 3.62. The van der Waals surface area contributed by atoms with Crippen LogP contribution in [0.25, 0.3) is 0 Å². The van der Waals surface area contributed by atoms with Crippen molar-refractivity contribution in [3.05, 3.63) is 0 Å². The van der Waals surface area contributed by atoms with Gasteiger partial charge < -0.3 is 16.2 Å². The first-order valence-corrected chi connectivity index (χ1v) is 3.62. The molecule has 0 heterocycles. The summed E-state index contributed by atoms with van der Waals surface area (Å²) in [6, 6.07) is 2.02. The smallest absolute Gasteiger partial charge is 0.300 e. The third-order valence-corrected chi connectivity index (χ3v) is 0.735. The number of nitrogens with zero attached hydrogens (tertiary/aromatic N) is 1. The van der Waals surface area contributed by atoms with E-state index < -0.39 is 5.97 Å². The zero-order valence-electron chi connectivity index (χ0n) is 7.21. The number of nitrogens with two attached hydrogens (primary N) is 1. The number of carbonyl (C=O) groups is 1. The molecule has 0 fully saturated rings. The fourth-order valence-corrected chi connectivity index (χ4v) is 0.371. The van der Waals surface area contributed by atoms with Gasteiger partial charge in [-0.2, -0.15) is 5.26 Å². The van der Waals surface area contributed by atoms with E-state index in [0.29, 0.717) is 13.0 Å². The SMILES string of the molecule is CC(=O)O.N#CCCNCCN. The molecule has 0 aliphatic carbocycles. The molecule has 0 bridgehead atoms. The Balaban J connectivity index is 0. The van der Waals surface area contributed by atoms with E-state index in [-0.39, 0.29) is 0 Å². The minimum absolute atomic E-state index is 0.569. The topological polar surface area (TPSA) is 99.1 Å². The Bertz CT molecular complexity index is 138. The van der Waals surface area contributed by atoms with E-state index in [4.69, 9.17) is 20.9 Å². The van der Waals surface area contributed by atoms with Crippen molar-refractivity contribution in [2.45, 2.75) is 13.3 Å². The Kier molecular flexibility index (Phi) is 14.1. The Labute approximate surface area is 72.2 Å². The van der Waals surface area contributed by atoms with Crippen LogP contribution in [0.3, 0.4) is 0 Å². The highest BCUT2D eigenvalue weighted by molar-refractivity contribution is 5.62. The Morgan fingerprint density at radius 3 is 2.50 bits per heavy atom. The van der Waals surface area contributed by atoms with Crippen molar-refractivity contribution in [2.24, 2.45) is 5.73 Å². The molecule has 5 nitrogen and oxygen atoms in total. The summed E-state index contributed by atoms with van der Waals surface area (Å²) in [5.74, 6) is -0.833. The standard InChI is InChI=1S/C5H11N3.C2H4O2/c6-2-1-4-8-5-3-7;1-2(3)4/h8H,1,3-5,7H2;1H3,(H,3,4). The highest BCUT2D eigenvalue weighted by atomic mass is 16.4. The molecule has 0 radical (unpaired) electrons. The maximum atomic E-state index is 9.00. The van der Waals surface area contributed by atoms with Gasteiger partial charge in [0.25, 0.3) is 5.97 Å². The lowest BCUT2D eigenvalue weighted by Crippen LogP contribution is -2.22. The second kappa shape index (κ2) is 12.5. The number of hydrogen-bond acceptors (Lipinski definition) is 4. The van der Waals surface area contributed by atoms with Gasteiger partial charge >= 0.3 is 0 Å². The molecule has 0 saturated carbocycles. The van der Waals surface area contributed by atoms with Crippen molar-refractivity contribution in [1.29, 1.82) is 5.26 Å². The molecule has 4 N–H and O–H groups in total. The summed E-state index contributed by atoms with van der Waals surface area (Å²) in [7, 11) is 0. The van der Waals surface area contributed by atoms with Crippen LogP contribution in [0.2, 0.25) is 0 Å². The molecule has 0 unspecified atom stereocenters. The molecule has 0 aromatic rings. The molecule has 0 atom stereocenters. The number of rotatable bonds is 4. The van der Waals surface area contributed by atoms with Crippen LogP contribution in [0, 0.1) is 11.3 Å². The monoisotopic (exact) mass is 173 g/mol. The first kappa shape index (κ1) is 13.5. The van der Waals surface area contributed by atoms with Crippen molar-refractivity contribution < 1.29 is 9.90 Å². The summed E-state index contributed by atoms with van der Waals surface area (Å²) in [6.45, 7) is 3.29. The van der Waals surface area contributed by atoms with Gasteiger partial charge in [0.15, 0.2) is 0 Å². The molecule has 0 aliphatic rings. The van der Waals surface area contributed by atoms with Gasteiger partial charge in [-0.25, -0.2) is 0 Å². The van der Waals surface area contributed by atoms with Crippen LogP contribution < -0.4 is 11.1 Å². The van der Waals surface area contributed by atoms with E-state index in [1.165, 1.54) is 0 Å². The van der Waals surface area contributed by atoms with Crippen LogP contribution in [0.5, 0.6) is 0 Å². The molecule has 0 aromatic carbocycles. The van der Waals surface area contributed by atoms with Gasteiger partial charge in [-0.3, -0.25) is 4.79 Å². The second-order valence-corrected chi connectivity index (χ2v) is 1.97. The average molecular weight is 173 g/mol. The molecule has 12 heavy (non-hydrogen) atoms. The highest BCUT2D eigenvalue weighted by Gasteiger charge is 1.80. The molecule has 70 valence electrons. The third-order valence-electron chi connectivity index (χ3n) is 0.735.